The minimum atomic E-state index is -3.86. The van der Waals surface area contributed by atoms with Crippen LogP contribution in [0.5, 0.6) is 0 Å². The molecule has 2 aromatic rings. The van der Waals surface area contributed by atoms with E-state index in [1.165, 1.54) is 0 Å². The maximum absolute atomic E-state index is 13.7. The van der Waals surface area contributed by atoms with E-state index < -0.39 is 27.4 Å². The Hall–Kier alpha value is -1.83. The van der Waals surface area contributed by atoms with Crippen LogP contribution < -0.4 is 0 Å². The number of rotatable bonds is 7. The lowest BCUT2D eigenvalue weighted by molar-refractivity contribution is 0.251. The molecule has 0 aromatic heterocycles. The van der Waals surface area contributed by atoms with Crippen LogP contribution in [-0.2, 0) is 22.3 Å². The van der Waals surface area contributed by atoms with Gasteiger partial charge in [-0.2, -0.15) is 4.31 Å². The summed E-state index contributed by atoms with van der Waals surface area (Å²) < 4.78 is 52.7. The van der Waals surface area contributed by atoms with Gasteiger partial charge in [0.2, 0.25) is 10.0 Å². The molecule has 124 valence electrons. The van der Waals surface area contributed by atoms with Crippen LogP contribution in [0.1, 0.15) is 11.1 Å². The SMILES string of the molecule is O=S(=O)(Cc1ccc(F)cc1F)N(CCO)Cc1ccccc1. The lowest BCUT2D eigenvalue weighted by atomic mass is 10.2. The molecular weight excluding hydrogens is 324 g/mol. The lowest BCUT2D eigenvalue weighted by Crippen LogP contribution is -2.34. The van der Waals surface area contributed by atoms with Gasteiger partial charge in [0.25, 0.3) is 0 Å². The standard InChI is InChI=1S/C16H17F2NO3S/c17-15-7-6-14(16(18)10-15)12-23(21,22)19(8-9-20)11-13-4-2-1-3-5-13/h1-7,10,20H,8-9,11-12H2. The van der Waals surface area contributed by atoms with Crippen molar-refractivity contribution in [3.05, 3.63) is 71.3 Å². The number of nitrogens with zero attached hydrogens (tertiary/aromatic N) is 1. The van der Waals surface area contributed by atoms with Crippen molar-refractivity contribution in [3.8, 4) is 0 Å². The van der Waals surface area contributed by atoms with Gasteiger partial charge in [0.05, 0.1) is 12.4 Å². The van der Waals surface area contributed by atoms with Gasteiger partial charge in [-0.05, 0) is 11.6 Å². The fraction of sp³-hybridized carbons (Fsp3) is 0.250. The number of aliphatic hydroxyl groups is 1. The van der Waals surface area contributed by atoms with Crippen molar-refractivity contribution in [1.29, 1.82) is 0 Å². The second-order valence-corrected chi connectivity index (χ2v) is 7.00. The van der Waals surface area contributed by atoms with Crippen LogP contribution in [-0.4, -0.2) is 31.0 Å². The molecule has 0 saturated carbocycles. The minimum absolute atomic E-state index is 0.0759. The van der Waals surface area contributed by atoms with Crippen LogP contribution in [0.25, 0.3) is 0 Å². The maximum Gasteiger partial charge on any atom is 0.218 e. The highest BCUT2D eigenvalue weighted by atomic mass is 32.2. The summed E-state index contributed by atoms with van der Waals surface area (Å²) in [7, 11) is -3.86. The van der Waals surface area contributed by atoms with E-state index in [-0.39, 0.29) is 25.3 Å². The Labute approximate surface area is 134 Å². The second kappa shape index (κ2) is 7.63. The molecule has 23 heavy (non-hydrogen) atoms. The topological polar surface area (TPSA) is 57.6 Å². The molecule has 0 radical (unpaired) electrons. The fourth-order valence-electron chi connectivity index (χ4n) is 2.14. The molecule has 4 nitrogen and oxygen atoms in total. The first-order chi connectivity index (χ1) is 10.9. The third-order valence-electron chi connectivity index (χ3n) is 3.30. The molecule has 0 aliphatic carbocycles. The van der Waals surface area contributed by atoms with Gasteiger partial charge in [0, 0.05) is 24.7 Å². The molecule has 2 aromatic carbocycles. The van der Waals surface area contributed by atoms with E-state index in [0.29, 0.717) is 6.07 Å². The quantitative estimate of drug-likeness (QED) is 0.841. The number of benzene rings is 2. The van der Waals surface area contributed by atoms with E-state index in [4.69, 9.17) is 5.11 Å². The van der Waals surface area contributed by atoms with Crippen LogP contribution in [0.15, 0.2) is 48.5 Å². The van der Waals surface area contributed by atoms with Gasteiger partial charge in [-0.3, -0.25) is 0 Å². The smallest absolute Gasteiger partial charge is 0.218 e. The number of hydrogen-bond donors (Lipinski definition) is 1. The van der Waals surface area contributed by atoms with Gasteiger partial charge in [-0.1, -0.05) is 36.4 Å². The molecule has 2 rings (SSSR count). The van der Waals surface area contributed by atoms with Crippen molar-refractivity contribution in [2.75, 3.05) is 13.2 Å². The van der Waals surface area contributed by atoms with Crippen molar-refractivity contribution in [2.24, 2.45) is 0 Å². The third-order valence-corrected chi connectivity index (χ3v) is 5.07. The van der Waals surface area contributed by atoms with Gasteiger partial charge in [0.1, 0.15) is 11.6 Å². The first-order valence-corrected chi connectivity index (χ1v) is 8.60. The molecule has 1 N–H and O–H groups in total. The highest BCUT2D eigenvalue weighted by Crippen LogP contribution is 2.17. The highest BCUT2D eigenvalue weighted by Gasteiger charge is 2.24. The molecule has 0 fully saturated rings. The number of hydrogen-bond acceptors (Lipinski definition) is 3. The first kappa shape index (κ1) is 17.5. The Morgan fingerprint density at radius 3 is 2.35 bits per heavy atom. The Balaban J connectivity index is 2.22. The van der Waals surface area contributed by atoms with E-state index in [9.17, 15) is 17.2 Å². The van der Waals surface area contributed by atoms with Gasteiger partial charge < -0.3 is 5.11 Å². The number of sulfonamides is 1. The summed E-state index contributed by atoms with van der Waals surface area (Å²) in [5.74, 6) is -2.26. The molecule has 0 aliphatic heterocycles. The minimum Gasteiger partial charge on any atom is -0.395 e. The zero-order valence-electron chi connectivity index (χ0n) is 12.3. The van der Waals surface area contributed by atoms with Crippen molar-refractivity contribution in [2.45, 2.75) is 12.3 Å². The molecule has 0 bridgehead atoms. The van der Waals surface area contributed by atoms with Crippen molar-refractivity contribution < 1.29 is 22.3 Å². The molecule has 0 heterocycles. The molecule has 0 atom stereocenters. The maximum atomic E-state index is 13.7. The van der Waals surface area contributed by atoms with E-state index in [1.807, 2.05) is 6.07 Å². The van der Waals surface area contributed by atoms with E-state index in [0.717, 1.165) is 22.0 Å². The van der Waals surface area contributed by atoms with Crippen LogP contribution in [0.4, 0.5) is 8.78 Å². The van der Waals surface area contributed by atoms with Crippen LogP contribution in [0, 0.1) is 11.6 Å². The second-order valence-electron chi connectivity index (χ2n) is 5.03. The van der Waals surface area contributed by atoms with E-state index in [2.05, 4.69) is 0 Å². The van der Waals surface area contributed by atoms with Crippen LogP contribution in [0.3, 0.4) is 0 Å². The predicted molar refractivity (Wildman–Crippen MR) is 82.9 cm³/mol. The summed E-state index contributed by atoms with van der Waals surface area (Å²) in [6.45, 7) is -0.370. The molecular formula is C16H17F2NO3S. The van der Waals surface area contributed by atoms with Gasteiger partial charge >= 0.3 is 0 Å². The molecule has 7 heteroatoms. The first-order valence-electron chi connectivity index (χ1n) is 6.99. The number of aliphatic hydroxyl groups excluding tert-OH is 1. The van der Waals surface area contributed by atoms with E-state index in [1.54, 1.807) is 24.3 Å². The van der Waals surface area contributed by atoms with Gasteiger partial charge in [-0.25, -0.2) is 17.2 Å². The molecule has 0 aliphatic rings. The molecule has 0 saturated heterocycles. The zero-order valence-corrected chi connectivity index (χ0v) is 13.1. The number of halogens is 2. The van der Waals surface area contributed by atoms with Gasteiger partial charge in [-0.15, -0.1) is 0 Å². The lowest BCUT2D eigenvalue weighted by Gasteiger charge is -2.21. The third kappa shape index (κ3) is 4.82. The Bertz CT molecular complexity index is 751. The average molecular weight is 341 g/mol. The van der Waals surface area contributed by atoms with Crippen molar-refractivity contribution in [1.82, 2.24) is 4.31 Å². The molecule has 0 spiro atoms. The summed E-state index contributed by atoms with van der Waals surface area (Å²) in [6.07, 6.45) is 0. The van der Waals surface area contributed by atoms with E-state index >= 15 is 0 Å². The normalized spacial score (nSPS) is 11.8. The van der Waals surface area contributed by atoms with Crippen molar-refractivity contribution >= 4 is 10.0 Å². The van der Waals surface area contributed by atoms with Crippen LogP contribution >= 0.6 is 0 Å². The summed E-state index contributed by atoms with van der Waals surface area (Å²) in [5.41, 5.74) is 0.645. The Morgan fingerprint density at radius 1 is 1.04 bits per heavy atom. The monoisotopic (exact) mass is 341 g/mol. The highest BCUT2D eigenvalue weighted by molar-refractivity contribution is 7.88. The van der Waals surface area contributed by atoms with Gasteiger partial charge in [0.15, 0.2) is 0 Å². The molecule has 0 unspecified atom stereocenters. The largest absolute Gasteiger partial charge is 0.395 e. The van der Waals surface area contributed by atoms with Crippen molar-refractivity contribution in [3.63, 3.8) is 0 Å². The molecule has 0 amide bonds. The summed E-state index contributed by atoms with van der Waals surface area (Å²) in [6, 6.07) is 11.7. The Morgan fingerprint density at radius 2 is 1.74 bits per heavy atom. The summed E-state index contributed by atoms with van der Waals surface area (Å²) >= 11 is 0. The summed E-state index contributed by atoms with van der Waals surface area (Å²) in [5, 5.41) is 9.11. The predicted octanol–water partition coefficient (Wildman–Crippen LogP) is 2.29. The zero-order chi connectivity index (χ0) is 16.9. The average Bonchev–Trinajstić information content (AvgIpc) is 2.51. The summed E-state index contributed by atoms with van der Waals surface area (Å²) in [4.78, 5) is 0. The van der Waals surface area contributed by atoms with Crippen LogP contribution in [0.2, 0.25) is 0 Å². The Kier molecular flexibility index (Phi) is 5.81. The fourth-order valence-corrected chi connectivity index (χ4v) is 3.66.